The summed E-state index contributed by atoms with van der Waals surface area (Å²) in [5.41, 5.74) is 1.23. The highest BCUT2D eigenvalue weighted by molar-refractivity contribution is 5.97. The lowest BCUT2D eigenvalue weighted by molar-refractivity contribution is 0.0951. The molecule has 3 N–H and O–H groups in total. The Morgan fingerprint density at radius 3 is 2.57 bits per heavy atom. The fraction of sp³-hybridized carbons (Fsp3) is 0.556. The van der Waals surface area contributed by atoms with E-state index in [9.17, 15) is 9.59 Å². The fourth-order valence-electron chi connectivity index (χ4n) is 3.10. The Hall–Kier alpha value is -2.04. The number of urea groups is 1. The smallest absolute Gasteiger partial charge is 0.319 e. The van der Waals surface area contributed by atoms with Crippen LogP contribution in [0.3, 0.4) is 0 Å². The molecule has 0 heterocycles. The second-order valence-corrected chi connectivity index (χ2v) is 6.80. The molecule has 0 bridgehead atoms. The van der Waals surface area contributed by atoms with Crippen LogP contribution in [0, 0.1) is 5.92 Å². The normalized spacial score (nSPS) is 23.9. The van der Waals surface area contributed by atoms with Crippen LogP contribution < -0.4 is 16.0 Å². The average Bonchev–Trinajstić information content (AvgIpc) is 3.34. The molecule has 124 valence electrons. The number of hydrogen-bond donors (Lipinski definition) is 3. The van der Waals surface area contributed by atoms with Gasteiger partial charge in [0.2, 0.25) is 0 Å². The van der Waals surface area contributed by atoms with Gasteiger partial charge in [0, 0.05) is 23.3 Å². The predicted molar refractivity (Wildman–Crippen MR) is 90.5 cm³/mol. The molecule has 2 saturated carbocycles. The largest absolute Gasteiger partial charge is 0.349 e. The molecule has 2 aliphatic carbocycles. The highest BCUT2D eigenvalue weighted by Crippen LogP contribution is 2.24. The summed E-state index contributed by atoms with van der Waals surface area (Å²) in [6.07, 6.45) is 6.75. The van der Waals surface area contributed by atoms with Crippen molar-refractivity contribution in [2.45, 2.75) is 57.5 Å². The predicted octanol–water partition coefficient (Wildman–Crippen LogP) is 3.28. The number of amides is 3. The molecule has 3 rings (SSSR count). The van der Waals surface area contributed by atoms with Crippen molar-refractivity contribution in [1.29, 1.82) is 0 Å². The zero-order valence-electron chi connectivity index (χ0n) is 13.6. The molecule has 0 aliphatic heterocycles. The Bertz CT molecular complexity index is 583. The number of hydrogen-bond acceptors (Lipinski definition) is 2. The molecule has 1 aromatic carbocycles. The van der Waals surface area contributed by atoms with E-state index in [1.807, 2.05) is 0 Å². The molecule has 5 nitrogen and oxygen atoms in total. The van der Waals surface area contributed by atoms with Gasteiger partial charge in [0.15, 0.2) is 0 Å². The van der Waals surface area contributed by atoms with Crippen molar-refractivity contribution in [2.75, 3.05) is 5.32 Å². The zero-order chi connectivity index (χ0) is 16.2. The lowest BCUT2D eigenvalue weighted by Crippen LogP contribution is -2.43. The van der Waals surface area contributed by atoms with E-state index in [0.29, 0.717) is 23.2 Å². The third-order valence-electron chi connectivity index (χ3n) is 4.72. The maximum absolute atomic E-state index is 12.2. The van der Waals surface area contributed by atoms with E-state index in [1.165, 1.54) is 19.3 Å². The quantitative estimate of drug-likeness (QED) is 0.798. The zero-order valence-corrected chi connectivity index (χ0v) is 13.6. The van der Waals surface area contributed by atoms with Crippen molar-refractivity contribution in [3.63, 3.8) is 0 Å². The Morgan fingerprint density at radius 1 is 1.04 bits per heavy atom. The lowest BCUT2D eigenvalue weighted by Gasteiger charge is -2.29. The van der Waals surface area contributed by atoms with E-state index in [4.69, 9.17) is 0 Å². The summed E-state index contributed by atoms with van der Waals surface area (Å²) in [5, 5.41) is 8.86. The van der Waals surface area contributed by atoms with Crippen molar-refractivity contribution in [3.05, 3.63) is 29.8 Å². The van der Waals surface area contributed by atoms with Crippen LogP contribution >= 0.6 is 0 Å². The van der Waals surface area contributed by atoms with E-state index < -0.39 is 0 Å². The van der Waals surface area contributed by atoms with E-state index in [2.05, 4.69) is 22.9 Å². The maximum Gasteiger partial charge on any atom is 0.319 e. The lowest BCUT2D eigenvalue weighted by atomic mass is 9.86. The molecule has 0 spiro atoms. The van der Waals surface area contributed by atoms with Crippen molar-refractivity contribution < 1.29 is 9.59 Å². The Kier molecular flexibility index (Phi) is 4.84. The molecular weight excluding hydrogens is 290 g/mol. The first kappa shape index (κ1) is 15.8. The van der Waals surface area contributed by atoms with Gasteiger partial charge < -0.3 is 16.0 Å². The van der Waals surface area contributed by atoms with Gasteiger partial charge >= 0.3 is 6.03 Å². The molecule has 0 radical (unpaired) electrons. The van der Waals surface area contributed by atoms with Crippen LogP contribution in [0.5, 0.6) is 0 Å². The monoisotopic (exact) mass is 315 g/mol. The minimum Gasteiger partial charge on any atom is -0.349 e. The van der Waals surface area contributed by atoms with Crippen molar-refractivity contribution in [1.82, 2.24) is 10.6 Å². The van der Waals surface area contributed by atoms with Gasteiger partial charge in [-0.2, -0.15) is 0 Å². The van der Waals surface area contributed by atoms with Crippen LogP contribution in [0.4, 0.5) is 10.5 Å². The Balaban J connectivity index is 1.56. The number of carbonyl (C=O) groups is 2. The fourth-order valence-corrected chi connectivity index (χ4v) is 3.10. The summed E-state index contributed by atoms with van der Waals surface area (Å²) < 4.78 is 0. The molecule has 5 heteroatoms. The summed E-state index contributed by atoms with van der Waals surface area (Å²) in [7, 11) is 0. The van der Waals surface area contributed by atoms with Gasteiger partial charge in [-0.05, 0) is 49.8 Å². The molecule has 2 atom stereocenters. The number of nitrogens with one attached hydrogen (secondary N) is 3. The summed E-state index contributed by atoms with van der Waals surface area (Å²) in [6, 6.07) is 7.47. The average molecular weight is 315 g/mol. The first-order valence-corrected chi connectivity index (χ1v) is 8.60. The summed E-state index contributed by atoms with van der Waals surface area (Å²) in [4.78, 5) is 24.2. The SMILES string of the molecule is CC1CCCCC1NC(=O)Nc1cccc(C(=O)NC2CC2)c1. The second-order valence-electron chi connectivity index (χ2n) is 6.80. The van der Waals surface area contributed by atoms with Gasteiger partial charge in [-0.25, -0.2) is 4.79 Å². The van der Waals surface area contributed by atoms with Gasteiger partial charge in [0.1, 0.15) is 0 Å². The summed E-state index contributed by atoms with van der Waals surface area (Å²) in [5.74, 6) is 0.447. The molecule has 3 amide bonds. The molecule has 23 heavy (non-hydrogen) atoms. The van der Waals surface area contributed by atoms with Crippen LogP contribution in [-0.2, 0) is 0 Å². The van der Waals surface area contributed by atoms with Gasteiger partial charge in [-0.3, -0.25) is 4.79 Å². The molecule has 2 unspecified atom stereocenters. The van der Waals surface area contributed by atoms with Crippen LogP contribution in [0.25, 0.3) is 0 Å². The first-order valence-electron chi connectivity index (χ1n) is 8.60. The number of rotatable bonds is 4. The third kappa shape index (κ3) is 4.47. The summed E-state index contributed by atoms with van der Waals surface area (Å²) >= 11 is 0. The minimum absolute atomic E-state index is 0.0718. The highest BCUT2D eigenvalue weighted by atomic mass is 16.2. The number of carbonyl (C=O) groups excluding carboxylic acids is 2. The molecule has 0 aromatic heterocycles. The Labute approximate surface area is 137 Å². The molecule has 2 aliphatic rings. The van der Waals surface area contributed by atoms with E-state index in [0.717, 1.165) is 19.3 Å². The van der Waals surface area contributed by atoms with Gasteiger partial charge in [0.05, 0.1) is 0 Å². The van der Waals surface area contributed by atoms with E-state index in [-0.39, 0.29) is 18.0 Å². The topological polar surface area (TPSA) is 70.2 Å². The number of anilines is 1. The molecule has 0 saturated heterocycles. The van der Waals surface area contributed by atoms with Crippen LogP contribution in [0.1, 0.15) is 55.8 Å². The minimum atomic E-state index is -0.191. The number of benzene rings is 1. The van der Waals surface area contributed by atoms with Gasteiger partial charge in [-0.1, -0.05) is 25.8 Å². The van der Waals surface area contributed by atoms with Crippen LogP contribution in [0.2, 0.25) is 0 Å². The van der Waals surface area contributed by atoms with Crippen molar-refractivity contribution in [3.8, 4) is 0 Å². The first-order chi connectivity index (χ1) is 11.1. The maximum atomic E-state index is 12.2. The van der Waals surface area contributed by atoms with Crippen molar-refractivity contribution in [2.24, 2.45) is 5.92 Å². The standard InChI is InChI=1S/C18H25N3O2/c1-12-5-2-3-8-16(12)21-18(23)20-15-7-4-6-13(11-15)17(22)19-14-9-10-14/h4,6-7,11-12,14,16H,2-3,5,8-10H2,1H3,(H,19,22)(H2,20,21,23). The van der Waals surface area contributed by atoms with E-state index in [1.54, 1.807) is 24.3 Å². The second kappa shape index (κ2) is 7.02. The molecular formula is C18H25N3O2. The van der Waals surface area contributed by atoms with Gasteiger partial charge in [-0.15, -0.1) is 0 Å². The summed E-state index contributed by atoms with van der Waals surface area (Å²) in [6.45, 7) is 2.19. The van der Waals surface area contributed by atoms with Crippen molar-refractivity contribution >= 4 is 17.6 Å². The van der Waals surface area contributed by atoms with E-state index >= 15 is 0 Å². The van der Waals surface area contributed by atoms with Crippen LogP contribution in [0.15, 0.2) is 24.3 Å². The third-order valence-corrected chi connectivity index (χ3v) is 4.72. The van der Waals surface area contributed by atoms with Crippen LogP contribution in [-0.4, -0.2) is 24.0 Å². The Morgan fingerprint density at radius 2 is 1.83 bits per heavy atom. The highest BCUT2D eigenvalue weighted by Gasteiger charge is 2.24. The molecule has 1 aromatic rings. The molecule has 2 fully saturated rings. The van der Waals surface area contributed by atoms with Gasteiger partial charge in [0.25, 0.3) is 5.91 Å².